The van der Waals surface area contributed by atoms with Gasteiger partial charge in [-0.1, -0.05) is 53.5 Å². The molecule has 8 heteroatoms. The van der Waals surface area contributed by atoms with Crippen molar-refractivity contribution in [1.82, 2.24) is 4.98 Å². The number of nitrogens with zero attached hydrogens (tertiary/aromatic N) is 1. The third kappa shape index (κ3) is 4.90. The van der Waals surface area contributed by atoms with E-state index in [1.165, 1.54) is 26.6 Å². The standard InChI is InChI=1S/C22H16Cl2FNO3S/c1-28-11-16(22(27)29-2)15-6-4-3-5-13(15)10-19(25)21-26-20(12-30-21)14-7-8-17(23)18(24)9-14/h3-12H,1-2H3. The molecule has 3 rings (SSSR count). The molecular weight excluding hydrogens is 448 g/mol. The van der Waals surface area contributed by atoms with Crippen LogP contribution in [0.15, 0.2) is 54.1 Å². The molecule has 30 heavy (non-hydrogen) atoms. The molecule has 4 nitrogen and oxygen atoms in total. The van der Waals surface area contributed by atoms with Crippen LogP contribution in [0, 0.1) is 0 Å². The Morgan fingerprint density at radius 1 is 1.13 bits per heavy atom. The third-order valence-corrected chi connectivity index (χ3v) is 5.69. The van der Waals surface area contributed by atoms with E-state index in [0.717, 1.165) is 16.9 Å². The van der Waals surface area contributed by atoms with Gasteiger partial charge < -0.3 is 9.47 Å². The van der Waals surface area contributed by atoms with Crippen LogP contribution in [-0.2, 0) is 14.3 Å². The summed E-state index contributed by atoms with van der Waals surface area (Å²) in [5.74, 6) is -1.13. The molecule has 3 aromatic rings. The second-order valence-corrected chi connectivity index (χ2v) is 7.68. The first-order chi connectivity index (χ1) is 14.4. The quantitative estimate of drug-likeness (QED) is 0.230. The Hall–Kier alpha value is -2.67. The Kier molecular flexibility index (Phi) is 7.26. The summed E-state index contributed by atoms with van der Waals surface area (Å²) in [5, 5.41) is 2.76. The average molecular weight is 464 g/mol. The largest absolute Gasteiger partial charge is 0.503 e. The van der Waals surface area contributed by atoms with Gasteiger partial charge in [-0.3, -0.25) is 0 Å². The number of carbonyl (C=O) groups excluding carboxylic acids is 1. The van der Waals surface area contributed by atoms with E-state index in [4.69, 9.17) is 32.7 Å². The number of rotatable bonds is 6. The monoisotopic (exact) mass is 463 g/mol. The van der Waals surface area contributed by atoms with Crippen molar-refractivity contribution in [3.63, 3.8) is 0 Å². The molecule has 1 aromatic heterocycles. The van der Waals surface area contributed by atoms with Crippen LogP contribution in [0.3, 0.4) is 0 Å². The summed E-state index contributed by atoms with van der Waals surface area (Å²) in [6, 6.07) is 12.0. The minimum absolute atomic E-state index is 0.176. The smallest absolute Gasteiger partial charge is 0.341 e. The molecule has 0 radical (unpaired) electrons. The first-order valence-electron chi connectivity index (χ1n) is 8.63. The van der Waals surface area contributed by atoms with Gasteiger partial charge in [0.15, 0.2) is 10.8 Å². The average Bonchev–Trinajstić information content (AvgIpc) is 3.24. The Labute approximate surface area is 187 Å². The number of halogens is 3. The highest BCUT2D eigenvalue weighted by atomic mass is 35.5. The maximum atomic E-state index is 15.0. The Bertz CT molecular complexity index is 1140. The lowest BCUT2D eigenvalue weighted by Gasteiger charge is -2.09. The Morgan fingerprint density at radius 3 is 2.60 bits per heavy atom. The fourth-order valence-corrected chi connectivity index (χ4v) is 3.72. The summed E-state index contributed by atoms with van der Waals surface area (Å²) in [7, 11) is 2.69. The lowest BCUT2D eigenvalue weighted by molar-refractivity contribution is -0.133. The number of carbonyl (C=O) groups is 1. The van der Waals surface area contributed by atoms with E-state index in [1.54, 1.807) is 47.8 Å². The van der Waals surface area contributed by atoms with Gasteiger partial charge in [-0.05, 0) is 29.3 Å². The number of thiazole rings is 1. The molecule has 0 unspecified atom stereocenters. The van der Waals surface area contributed by atoms with Crippen molar-refractivity contribution < 1.29 is 18.7 Å². The van der Waals surface area contributed by atoms with E-state index in [1.807, 2.05) is 0 Å². The van der Waals surface area contributed by atoms with Crippen molar-refractivity contribution in [2.45, 2.75) is 0 Å². The molecule has 0 saturated heterocycles. The number of ether oxygens (including phenoxy) is 2. The van der Waals surface area contributed by atoms with Crippen molar-refractivity contribution in [2.24, 2.45) is 0 Å². The zero-order valence-electron chi connectivity index (χ0n) is 16.0. The van der Waals surface area contributed by atoms with Gasteiger partial charge in [-0.15, -0.1) is 11.3 Å². The molecule has 0 aliphatic rings. The highest BCUT2D eigenvalue weighted by molar-refractivity contribution is 7.11. The first kappa shape index (κ1) is 22.0. The summed E-state index contributed by atoms with van der Waals surface area (Å²) < 4.78 is 24.8. The molecule has 0 fully saturated rings. The number of aromatic nitrogens is 1. The van der Waals surface area contributed by atoms with Gasteiger partial charge in [0, 0.05) is 10.9 Å². The summed E-state index contributed by atoms with van der Waals surface area (Å²) in [5.41, 5.74) is 2.45. The van der Waals surface area contributed by atoms with Crippen LogP contribution < -0.4 is 0 Å². The summed E-state index contributed by atoms with van der Waals surface area (Å²) in [6.07, 6.45) is 2.58. The van der Waals surface area contributed by atoms with Crippen LogP contribution >= 0.6 is 34.5 Å². The van der Waals surface area contributed by atoms with Crippen LogP contribution in [0.5, 0.6) is 0 Å². The minimum Gasteiger partial charge on any atom is -0.503 e. The van der Waals surface area contributed by atoms with E-state index in [9.17, 15) is 4.79 Å². The van der Waals surface area contributed by atoms with Crippen molar-refractivity contribution in [1.29, 1.82) is 0 Å². The molecule has 0 saturated carbocycles. The van der Waals surface area contributed by atoms with E-state index in [0.29, 0.717) is 26.9 Å². The number of benzene rings is 2. The molecule has 2 aromatic carbocycles. The molecule has 0 spiro atoms. The molecule has 1 heterocycles. The molecule has 0 N–H and O–H groups in total. The normalized spacial score (nSPS) is 12.0. The fraction of sp³-hybridized carbons (Fsp3) is 0.0909. The van der Waals surface area contributed by atoms with Gasteiger partial charge in [-0.25, -0.2) is 14.2 Å². The lowest BCUT2D eigenvalue weighted by atomic mass is 10.00. The van der Waals surface area contributed by atoms with Gasteiger partial charge in [0.25, 0.3) is 0 Å². The third-order valence-electron chi connectivity index (χ3n) is 4.10. The van der Waals surface area contributed by atoms with Crippen molar-refractivity contribution in [2.75, 3.05) is 14.2 Å². The van der Waals surface area contributed by atoms with Gasteiger partial charge >= 0.3 is 5.97 Å². The minimum atomic E-state index is -0.589. The van der Waals surface area contributed by atoms with Crippen LogP contribution in [0.2, 0.25) is 10.0 Å². The van der Waals surface area contributed by atoms with Gasteiger partial charge in [0.2, 0.25) is 0 Å². The molecular formula is C22H16Cl2FNO3S. The zero-order valence-corrected chi connectivity index (χ0v) is 18.3. The van der Waals surface area contributed by atoms with Crippen molar-refractivity contribution >= 4 is 58.0 Å². The SMILES string of the molecule is COC=C(C(=O)OC)c1ccccc1C=C(F)c1nc(-c2ccc(Cl)c(Cl)c2)cs1. The summed E-state index contributed by atoms with van der Waals surface area (Å²) >= 11 is 13.2. The van der Waals surface area contributed by atoms with Crippen LogP contribution in [0.1, 0.15) is 16.1 Å². The molecule has 154 valence electrons. The van der Waals surface area contributed by atoms with Crippen molar-refractivity contribution in [3.8, 4) is 11.3 Å². The summed E-state index contributed by atoms with van der Waals surface area (Å²) in [6.45, 7) is 0. The number of methoxy groups -OCH3 is 2. The maximum Gasteiger partial charge on any atom is 0.341 e. The molecule has 0 amide bonds. The van der Waals surface area contributed by atoms with E-state index in [-0.39, 0.29) is 10.6 Å². The van der Waals surface area contributed by atoms with E-state index < -0.39 is 11.8 Å². The number of hydrogen-bond donors (Lipinski definition) is 0. The van der Waals surface area contributed by atoms with Crippen LogP contribution in [-0.4, -0.2) is 25.2 Å². The predicted molar refractivity (Wildman–Crippen MR) is 120 cm³/mol. The molecule has 0 bridgehead atoms. The van der Waals surface area contributed by atoms with Crippen molar-refractivity contribution in [3.05, 3.63) is 80.3 Å². The Morgan fingerprint density at radius 2 is 1.90 bits per heavy atom. The first-order valence-corrected chi connectivity index (χ1v) is 10.3. The topological polar surface area (TPSA) is 48.4 Å². The number of esters is 1. The highest BCUT2D eigenvalue weighted by Gasteiger charge is 2.17. The fourth-order valence-electron chi connectivity index (χ4n) is 2.69. The predicted octanol–water partition coefficient (Wildman–Crippen LogP) is 6.74. The molecule has 0 aliphatic heterocycles. The maximum absolute atomic E-state index is 15.0. The second-order valence-electron chi connectivity index (χ2n) is 6.01. The highest BCUT2D eigenvalue weighted by Crippen LogP contribution is 2.32. The van der Waals surface area contributed by atoms with Crippen LogP contribution in [0.4, 0.5) is 4.39 Å². The van der Waals surface area contributed by atoms with Gasteiger partial charge in [0.05, 0.1) is 36.2 Å². The lowest BCUT2D eigenvalue weighted by Crippen LogP contribution is -2.05. The van der Waals surface area contributed by atoms with Gasteiger partial charge in [-0.2, -0.15) is 0 Å². The van der Waals surface area contributed by atoms with E-state index >= 15 is 4.39 Å². The summed E-state index contributed by atoms with van der Waals surface area (Å²) in [4.78, 5) is 16.5. The second kappa shape index (κ2) is 9.89. The molecule has 0 aliphatic carbocycles. The Balaban J connectivity index is 1.97. The van der Waals surface area contributed by atoms with E-state index in [2.05, 4.69) is 4.98 Å². The van der Waals surface area contributed by atoms with Crippen LogP contribution in [0.25, 0.3) is 28.7 Å². The zero-order chi connectivity index (χ0) is 21.7. The van der Waals surface area contributed by atoms with Gasteiger partial charge in [0.1, 0.15) is 5.57 Å². The molecule has 0 atom stereocenters. The number of hydrogen-bond acceptors (Lipinski definition) is 5.